The summed E-state index contributed by atoms with van der Waals surface area (Å²) in [6.07, 6.45) is -2.04. The maximum atomic E-state index is 10.7. The Morgan fingerprint density at radius 2 is 1.76 bits per heavy atom. The first-order valence-electron chi connectivity index (χ1n) is 4.96. The van der Waals surface area contributed by atoms with Gasteiger partial charge in [0.1, 0.15) is 24.4 Å². The van der Waals surface area contributed by atoms with E-state index in [2.05, 4.69) is 5.92 Å². The first kappa shape index (κ1) is 14.6. The lowest BCUT2D eigenvalue weighted by atomic mass is 9.94. The van der Waals surface area contributed by atoms with Gasteiger partial charge in [-0.05, 0) is 6.42 Å². The molecule has 5 N–H and O–H groups in total. The number of aliphatic hydroxyl groups is 3. The Morgan fingerprint density at radius 1 is 1.18 bits per heavy atom. The summed E-state index contributed by atoms with van der Waals surface area (Å²) in [5.41, 5.74) is 0. The summed E-state index contributed by atoms with van der Waals surface area (Å²) in [6, 6.07) is 0. The standard InChI is InChI=1S/C9H15O7P/c1-2-5-7(10)9(12)8(11)6(16-5)3-4-17(13,14)15/h1,5-12H,3-4H2,(H2,13,14,15)/t5-,6-,7-,8-,9-/m1/s1. The average Bonchev–Trinajstić information content (AvgIpc) is 2.24. The molecule has 5 atom stereocenters. The highest BCUT2D eigenvalue weighted by atomic mass is 31.2. The van der Waals surface area contributed by atoms with Crippen molar-refractivity contribution in [3.05, 3.63) is 0 Å². The molecule has 0 bridgehead atoms. The third-order valence-electron chi connectivity index (χ3n) is 2.58. The van der Waals surface area contributed by atoms with Crippen LogP contribution in [-0.4, -0.2) is 61.8 Å². The molecule has 1 fully saturated rings. The first-order valence-corrected chi connectivity index (χ1v) is 6.76. The van der Waals surface area contributed by atoms with E-state index in [1.165, 1.54) is 0 Å². The monoisotopic (exact) mass is 266 g/mol. The average molecular weight is 266 g/mol. The van der Waals surface area contributed by atoms with Crippen LogP contribution in [0, 0.1) is 12.3 Å². The van der Waals surface area contributed by atoms with E-state index in [9.17, 15) is 19.9 Å². The topological polar surface area (TPSA) is 127 Å². The first-order chi connectivity index (χ1) is 7.76. The summed E-state index contributed by atoms with van der Waals surface area (Å²) in [5, 5.41) is 28.5. The number of ether oxygens (including phenoxy) is 1. The fourth-order valence-electron chi connectivity index (χ4n) is 1.62. The van der Waals surface area contributed by atoms with Gasteiger partial charge in [-0.15, -0.1) is 6.42 Å². The number of terminal acetylenes is 1. The Kier molecular flexibility index (Phi) is 4.69. The Morgan fingerprint density at radius 3 is 2.24 bits per heavy atom. The van der Waals surface area contributed by atoms with Crippen LogP contribution in [0.4, 0.5) is 0 Å². The van der Waals surface area contributed by atoms with Gasteiger partial charge in [0.25, 0.3) is 0 Å². The smallest absolute Gasteiger partial charge is 0.325 e. The molecular formula is C9H15O7P. The molecule has 0 aromatic rings. The van der Waals surface area contributed by atoms with Crippen LogP contribution >= 0.6 is 7.60 Å². The molecule has 1 saturated heterocycles. The van der Waals surface area contributed by atoms with E-state index in [-0.39, 0.29) is 6.42 Å². The summed E-state index contributed by atoms with van der Waals surface area (Å²) < 4.78 is 15.8. The Labute approximate surface area is 98.2 Å². The molecule has 98 valence electrons. The molecule has 17 heavy (non-hydrogen) atoms. The Balaban J connectivity index is 2.67. The third kappa shape index (κ3) is 3.76. The van der Waals surface area contributed by atoms with Crippen LogP contribution in [0.5, 0.6) is 0 Å². The number of hydrogen-bond donors (Lipinski definition) is 5. The maximum absolute atomic E-state index is 10.7. The summed E-state index contributed by atoms with van der Waals surface area (Å²) in [7, 11) is -4.21. The fourth-order valence-corrected chi connectivity index (χ4v) is 2.21. The molecule has 1 aliphatic rings. The zero-order valence-electron chi connectivity index (χ0n) is 8.88. The largest absolute Gasteiger partial charge is 0.388 e. The van der Waals surface area contributed by atoms with Crippen molar-refractivity contribution in [1.29, 1.82) is 0 Å². The van der Waals surface area contributed by atoms with Crippen LogP contribution in [0.2, 0.25) is 0 Å². The van der Waals surface area contributed by atoms with Gasteiger partial charge < -0.3 is 29.8 Å². The predicted octanol–water partition coefficient (Wildman–Crippen LogP) is -1.96. The second-order valence-corrected chi connectivity index (χ2v) is 5.69. The van der Waals surface area contributed by atoms with Crippen molar-refractivity contribution < 1.29 is 34.4 Å². The summed E-state index contributed by atoms with van der Waals surface area (Å²) in [6.45, 7) is 0. The molecular weight excluding hydrogens is 251 g/mol. The quantitative estimate of drug-likeness (QED) is 0.296. The predicted molar refractivity (Wildman–Crippen MR) is 57.0 cm³/mol. The van der Waals surface area contributed by atoms with Gasteiger partial charge in [-0.2, -0.15) is 0 Å². The van der Waals surface area contributed by atoms with Gasteiger partial charge in [0.05, 0.1) is 12.3 Å². The molecule has 0 spiro atoms. The van der Waals surface area contributed by atoms with E-state index in [1.807, 2.05) is 0 Å². The fraction of sp³-hybridized carbons (Fsp3) is 0.778. The molecule has 1 heterocycles. The van der Waals surface area contributed by atoms with Crippen molar-refractivity contribution in [2.75, 3.05) is 6.16 Å². The van der Waals surface area contributed by atoms with Crippen LogP contribution < -0.4 is 0 Å². The van der Waals surface area contributed by atoms with Gasteiger partial charge in [0, 0.05) is 0 Å². The third-order valence-corrected chi connectivity index (χ3v) is 3.42. The minimum absolute atomic E-state index is 0.159. The van der Waals surface area contributed by atoms with Crippen LogP contribution in [0.15, 0.2) is 0 Å². The van der Waals surface area contributed by atoms with Crippen molar-refractivity contribution in [3.63, 3.8) is 0 Å². The van der Waals surface area contributed by atoms with Crippen molar-refractivity contribution in [1.82, 2.24) is 0 Å². The highest BCUT2D eigenvalue weighted by Gasteiger charge is 2.43. The molecule has 0 unspecified atom stereocenters. The van der Waals surface area contributed by atoms with Gasteiger partial charge in [-0.3, -0.25) is 4.57 Å². The molecule has 1 aliphatic heterocycles. The summed E-state index contributed by atoms with van der Waals surface area (Å²) in [5.74, 6) is 2.09. The molecule has 0 aliphatic carbocycles. The minimum Gasteiger partial charge on any atom is -0.388 e. The van der Waals surface area contributed by atoms with Gasteiger partial charge in [-0.1, -0.05) is 5.92 Å². The van der Waals surface area contributed by atoms with Gasteiger partial charge in [-0.25, -0.2) is 0 Å². The highest BCUT2D eigenvalue weighted by molar-refractivity contribution is 7.51. The SMILES string of the molecule is C#C[C@H]1O[C@H](CCP(=O)(O)O)[C@@H](O)[C@H](O)[C@@H]1O. The maximum Gasteiger partial charge on any atom is 0.325 e. The minimum atomic E-state index is -4.21. The summed E-state index contributed by atoms with van der Waals surface area (Å²) >= 11 is 0. The van der Waals surface area contributed by atoms with E-state index in [0.29, 0.717) is 0 Å². The van der Waals surface area contributed by atoms with Crippen molar-refractivity contribution in [3.8, 4) is 12.3 Å². The van der Waals surface area contributed by atoms with Crippen LogP contribution in [0.1, 0.15) is 6.42 Å². The van der Waals surface area contributed by atoms with E-state index < -0.39 is 44.3 Å². The van der Waals surface area contributed by atoms with Gasteiger partial charge >= 0.3 is 7.60 Å². The highest BCUT2D eigenvalue weighted by Crippen LogP contribution is 2.37. The molecule has 1 rings (SSSR count). The zero-order chi connectivity index (χ0) is 13.2. The second-order valence-electron chi connectivity index (χ2n) is 3.91. The lowest BCUT2D eigenvalue weighted by Crippen LogP contribution is -2.57. The lowest BCUT2D eigenvalue weighted by molar-refractivity contribution is -0.206. The molecule has 7 nitrogen and oxygen atoms in total. The lowest BCUT2D eigenvalue weighted by Gasteiger charge is -2.38. The number of hydrogen-bond acceptors (Lipinski definition) is 5. The van der Waals surface area contributed by atoms with E-state index in [1.54, 1.807) is 0 Å². The molecule has 0 saturated carbocycles. The molecule has 8 heteroatoms. The van der Waals surface area contributed by atoms with E-state index in [0.717, 1.165) is 0 Å². The molecule has 0 aromatic carbocycles. The van der Waals surface area contributed by atoms with E-state index in [4.69, 9.17) is 20.9 Å². The Hall–Kier alpha value is -0.450. The molecule has 0 amide bonds. The number of rotatable bonds is 3. The second kappa shape index (κ2) is 5.46. The summed E-state index contributed by atoms with van der Waals surface area (Å²) in [4.78, 5) is 17.4. The van der Waals surface area contributed by atoms with Crippen LogP contribution in [-0.2, 0) is 9.30 Å². The van der Waals surface area contributed by atoms with Crippen molar-refractivity contribution in [2.24, 2.45) is 0 Å². The van der Waals surface area contributed by atoms with Crippen molar-refractivity contribution in [2.45, 2.75) is 36.9 Å². The number of aliphatic hydroxyl groups excluding tert-OH is 3. The molecule has 0 aromatic heterocycles. The van der Waals surface area contributed by atoms with Gasteiger partial charge in [0.2, 0.25) is 0 Å². The van der Waals surface area contributed by atoms with Crippen molar-refractivity contribution >= 4 is 7.60 Å². The van der Waals surface area contributed by atoms with Gasteiger partial charge in [0.15, 0.2) is 0 Å². The zero-order valence-corrected chi connectivity index (χ0v) is 9.77. The van der Waals surface area contributed by atoms with Crippen LogP contribution in [0.25, 0.3) is 0 Å². The van der Waals surface area contributed by atoms with E-state index >= 15 is 0 Å². The Bertz CT molecular complexity index is 346. The molecule has 0 radical (unpaired) electrons. The normalized spacial score (nSPS) is 38.7. The van der Waals surface area contributed by atoms with Crippen LogP contribution in [0.3, 0.4) is 0 Å².